The minimum Gasteiger partial charge on any atom is -0.464 e. The fourth-order valence-electron chi connectivity index (χ4n) is 1.14. The quantitative estimate of drug-likeness (QED) is 0.626. The van der Waals surface area contributed by atoms with E-state index >= 15 is 0 Å². The van der Waals surface area contributed by atoms with E-state index in [0.717, 1.165) is 0 Å². The molecule has 0 aromatic heterocycles. The molecule has 13 heavy (non-hydrogen) atoms. The standard InChI is InChI=1S/C9H18O4/c1-5-13-8(11)9(12,6(2)3)7(4)10/h6-7,10,12H,5H2,1-4H3/t7-,9-/m1/s1. The number of hydrogen-bond acceptors (Lipinski definition) is 4. The first-order chi connectivity index (χ1) is 5.87. The summed E-state index contributed by atoms with van der Waals surface area (Å²) in [6.45, 7) is 6.53. The van der Waals surface area contributed by atoms with Crippen molar-refractivity contribution < 1.29 is 19.7 Å². The molecule has 4 heteroatoms. The van der Waals surface area contributed by atoms with Gasteiger partial charge in [0, 0.05) is 0 Å². The van der Waals surface area contributed by atoms with Crippen LogP contribution in [0.15, 0.2) is 0 Å². The smallest absolute Gasteiger partial charge is 0.341 e. The number of hydrogen-bond donors (Lipinski definition) is 2. The Morgan fingerprint density at radius 2 is 1.92 bits per heavy atom. The molecular formula is C9H18O4. The van der Waals surface area contributed by atoms with Crippen molar-refractivity contribution in [3.8, 4) is 0 Å². The van der Waals surface area contributed by atoms with E-state index < -0.39 is 17.7 Å². The molecule has 0 aromatic carbocycles. The van der Waals surface area contributed by atoms with E-state index in [9.17, 15) is 15.0 Å². The number of carbonyl (C=O) groups is 1. The molecule has 0 saturated heterocycles. The summed E-state index contributed by atoms with van der Waals surface area (Å²) in [5.41, 5.74) is -1.80. The fraction of sp³-hybridized carbons (Fsp3) is 0.889. The zero-order chi connectivity index (χ0) is 10.6. The van der Waals surface area contributed by atoms with E-state index in [1.807, 2.05) is 0 Å². The van der Waals surface area contributed by atoms with Crippen LogP contribution in [-0.4, -0.2) is 34.5 Å². The molecule has 0 aliphatic rings. The molecule has 0 radical (unpaired) electrons. The highest BCUT2D eigenvalue weighted by atomic mass is 16.6. The monoisotopic (exact) mass is 190 g/mol. The molecule has 0 amide bonds. The topological polar surface area (TPSA) is 66.8 Å². The molecule has 0 spiro atoms. The van der Waals surface area contributed by atoms with Gasteiger partial charge in [-0.05, 0) is 19.8 Å². The highest BCUT2D eigenvalue weighted by Crippen LogP contribution is 2.23. The van der Waals surface area contributed by atoms with E-state index in [-0.39, 0.29) is 12.5 Å². The minimum absolute atomic E-state index is 0.195. The largest absolute Gasteiger partial charge is 0.464 e. The first kappa shape index (κ1) is 12.4. The molecule has 4 nitrogen and oxygen atoms in total. The highest BCUT2D eigenvalue weighted by molar-refractivity contribution is 5.80. The number of carbonyl (C=O) groups excluding carboxylic acids is 1. The number of aliphatic hydroxyl groups excluding tert-OH is 1. The second kappa shape index (κ2) is 4.58. The van der Waals surface area contributed by atoms with E-state index in [0.29, 0.717) is 0 Å². The minimum atomic E-state index is -1.80. The highest BCUT2D eigenvalue weighted by Gasteiger charge is 2.45. The van der Waals surface area contributed by atoms with Crippen molar-refractivity contribution in [2.45, 2.75) is 39.4 Å². The third-order valence-corrected chi connectivity index (χ3v) is 2.12. The number of rotatable bonds is 4. The average molecular weight is 190 g/mol. The lowest BCUT2D eigenvalue weighted by Crippen LogP contribution is -2.53. The SMILES string of the molecule is CCOC(=O)[C@@](O)(C(C)C)[C@@H](C)O. The van der Waals surface area contributed by atoms with Gasteiger partial charge in [-0.1, -0.05) is 13.8 Å². The fourth-order valence-corrected chi connectivity index (χ4v) is 1.14. The molecule has 0 saturated carbocycles. The lowest BCUT2D eigenvalue weighted by atomic mass is 9.86. The Morgan fingerprint density at radius 1 is 1.46 bits per heavy atom. The van der Waals surface area contributed by atoms with Crippen molar-refractivity contribution in [3.05, 3.63) is 0 Å². The van der Waals surface area contributed by atoms with Crippen molar-refractivity contribution in [1.82, 2.24) is 0 Å². The van der Waals surface area contributed by atoms with E-state index in [1.54, 1.807) is 20.8 Å². The maximum atomic E-state index is 11.3. The van der Waals surface area contributed by atoms with Crippen molar-refractivity contribution in [2.24, 2.45) is 5.92 Å². The van der Waals surface area contributed by atoms with Gasteiger partial charge < -0.3 is 14.9 Å². The van der Waals surface area contributed by atoms with Crippen LogP contribution in [0.3, 0.4) is 0 Å². The van der Waals surface area contributed by atoms with Gasteiger partial charge in [-0.25, -0.2) is 4.79 Å². The first-order valence-corrected chi connectivity index (χ1v) is 4.45. The van der Waals surface area contributed by atoms with Crippen LogP contribution in [0.4, 0.5) is 0 Å². The molecule has 78 valence electrons. The summed E-state index contributed by atoms with van der Waals surface area (Å²) in [4.78, 5) is 11.3. The van der Waals surface area contributed by atoms with Gasteiger partial charge in [-0.3, -0.25) is 0 Å². The van der Waals surface area contributed by atoms with Crippen molar-refractivity contribution in [3.63, 3.8) is 0 Å². The van der Waals surface area contributed by atoms with Crippen LogP contribution < -0.4 is 0 Å². The second-order valence-corrected chi connectivity index (χ2v) is 3.38. The summed E-state index contributed by atoms with van der Waals surface area (Å²) in [5, 5.41) is 19.1. The molecule has 0 fully saturated rings. The second-order valence-electron chi connectivity index (χ2n) is 3.38. The number of esters is 1. The van der Waals surface area contributed by atoms with Crippen LogP contribution in [0.5, 0.6) is 0 Å². The number of aliphatic hydroxyl groups is 2. The summed E-state index contributed by atoms with van der Waals surface area (Å²) in [7, 11) is 0. The van der Waals surface area contributed by atoms with Crippen molar-refractivity contribution in [1.29, 1.82) is 0 Å². The zero-order valence-electron chi connectivity index (χ0n) is 8.57. The van der Waals surface area contributed by atoms with E-state index in [4.69, 9.17) is 0 Å². The Morgan fingerprint density at radius 3 is 2.15 bits per heavy atom. The Hall–Kier alpha value is -0.610. The lowest BCUT2D eigenvalue weighted by Gasteiger charge is -2.31. The Labute approximate surface area is 78.5 Å². The molecule has 0 aliphatic heterocycles. The van der Waals surface area contributed by atoms with Gasteiger partial charge in [0.1, 0.15) is 0 Å². The summed E-state index contributed by atoms with van der Waals surface area (Å²) in [6, 6.07) is 0. The van der Waals surface area contributed by atoms with Gasteiger partial charge in [-0.2, -0.15) is 0 Å². The number of ether oxygens (including phenoxy) is 1. The molecular weight excluding hydrogens is 172 g/mol. The maximum absolute atomic E-state index is 11.3. The summed E-state index contributed by atoms with van der Waals surface area (Å²) >= 11 is 0. The average Bonchev–Trinajstić information content (AvgIpc) is 2.02. The van der Waals surface area contributed by atoms with Crippen LogP contribution >= 0.6 is 0 Å². The Balaban J connectivity index is 4.69. The molecule has 2 N–H and O–H groups in total. The van der Waals surface area contributed by atoms with Crippen LogP contribution in [0.2, 0.25) is 0 Å². The van der Waals surface area contributed by atoms with Crippen molar-refractivity contribution >= 4 is 5.97 Å². The first-order valence-electron chi connectivity index (χ1n) is 4.45. The van der Waals surface area contributed by atoms with Crippen LogP contribution in [0.1, 0.15) is 27.7 Å². The molecule has 0 aliphatic carbocycles. The van der Waals surface area contributed by atoms with Gasteiger partial charge in [0.15, 0.2) is 5.60 Å². The molecule has 2 atom stereocenters. The van der Waals surface area contributed by atoms with Crippen LogP contribution in [-0.2, 0) is 9.53 Å². The predicted molar refractivity (Wildman–Crippen MR) is 48.1 cm³/mol. The molecule has 0 bridgehead atoms. The summed E-state index contributed by atoms with van der Waals surface area (Å²) in [6.07, 6.45) is -1.13. The lowest BCUT2D eigenvalue weighted by molar-refractivity contribution is -0.184. The van der Waals surface area contributed by atoms with Gasteiger partial charge >= 0.3 is 5.97 Å². The third-order valence-electron chi connectivity index (χ3n) is 2.12. The maximum Gasteiger partial charge on any atom is 0.341 e. The molecule has 0 aromatic rings. The Bertz CT molecular complexity index is 166. The normalized spacial score (nSPS) is 18.1. The van der Waals surface area contributed by atoms with Gasteiger partial charge in [0.05, 0.1) is 12.7 Å². The Kier molecular flexibility index (Phi) is 4.36. The van der Waals surface area contributed by atoms with E-state index in [2.05, 4.69) is 4.74 Å². The van der Waals surface area contributed by atoms with E-state index in [1.165, 1.54) is 6.92 Å². The molecule has 0 rings (SSSR count). The van der Waals surface area contributed by atoms with Gasteiger partial charge in [0.2, 0.25) is 0 Å². The van der Waals surface area contributed by atoms with Crippen molar-refractivity contribution in [2.75, 3.05) is 6.61 Å². The molecule has 0 heterocycles. The third kappa shape index (κ3) is 2.42. The van der Waals surface area contributed by atoms with Crippen LogP contribution in [0.25, 0.3) is 0 Å². The van der Waals surface area contributed by atoms with Crippen LogP contribution in [0, 0.1) is 5.92 Å². The predicted octanol–water partition coefficient (Wildman–Crippen LogP) is 0.317. The van der Waals surface area contributed by atoms with Gasteiger partial charge in [0.25, 0.3) is 0 Å². The zero-order valence-corrected chi connectivity index (χ0v) is 8.57. The molecule has 0 unspecified atom stereocenters. The summed E-state index contributed by atoms with van der Waals surface area (Å²) < 4.78 is 4.68. The summed E-state index contributed by atoms with van der Waals surface area (Å²) in [5.74, 6) is -1.15. The van der Waals surface area contributed by atoms with Gasteiger partial charge in [-0.15, -0.1) is 0 Å².